The Kier molecular flexibility index (Phi) is 3.89. The van der Waals surface area contributed by atoms with Crippen molar-refractivity contribution in [3.63, 3.8) is 0 Å². The number of anilines is 1. The minimum atomic E-state index is -0.363. The summed E-state index contributed by atoms with van der Waals surface area (Å²) in [4.78, 5) is 2.35. The fourth-order valence-corrected chi connectivity index (χ4v) is 2.36. The van der Waals surface area contributed by atoms with E-state index in [4.69, 9.17) is 11.6 Å². The lowest BCUT2D eigenvalue weighted by Crippen LogP contribution is -2.42. The lowest BCUT2D eigenvalue weighted by atomic mass is 9.99. The molecule has 0 radical (unpaired) electrons. The Balaban J connectivity index is 1.99. The highest BCUT2D eigenvalue weighted by atomic mass is 35.5. The molecule has 1 N–H and O–H groups in total. The average molecular weight is 257 g/mol. The van der Waals surface area contributed by atoms with Crippen molar-refractivity contribution in [1.82, 2.24) is 4.90 Å². The third kappa shape index (κ3) is 3.11. The summed E-state index contributed by atoms with van der Waals surface area (Å²) in [5.41, 5.74) is 0.814. The van der Waals surface area contributed by atoms with Gasteiger partial charge in [-0.3, -0.25) is 0 Å². The minimum Gasteiger partial charge on any atom is -0.382 e. The van der Waals surface area contributed by atoms with Crippen LogP contribution in [0.1, 0.15) is 19.8 Å². The number of nitrogens with zero attached hydrogens (tertiary/aromatic N) is 1. The molecule has 0 aliphatic carbocycles. The van der Waals surface area contributed by atoms with E-state index >= 15 is 0 Å². The van der Waals surface area contributed by atoms with Gasteiger partial charge in [-0.2, -0.15) is 0 Å². The first-order valence-corrected chi connectivity index (χ1v) is 6.36. The van der Waals surface area contributed by atoms with Crippen molar-refractivity contribution < 1.29 is 4.39 Å². The fourth-order valence-electron chi connectivity index (χ4n) is 2.24. The topological polar surface area (TPSA) is 15.3 Å². The lowest BCUT2D eigenvalue weighted by molar-refractivity contribution is 0.190. The van der Waals surface area contributed by atoms with Crippen LogP contribution >= 0.6 is 11.6 Å². The van der Waals surface area contributed by atoms with E-state index in [0.29, 0.717) is 12.1 Å². The second kappa shape index (κ2) is 5.23. The Labute approximate surface area is 107 Å². The summed E-state index contributed by atoms with van der Waals surface area (Å²) in [5, 5.41) is 3.55. The average Bonchev–Trinajstić information content (AvgIpc) is 2.29. The highest BCUT2D eigenvalue weighted by Crippen LogP contribution is 2.23. The van der Waals surface area contributed by atoms with Gasteiger partial charge in [-0.1, -0.05) is 11.6 Å². The predicted octanol–water partition coefficient (Wildman–Crippen LogP) is 3.37. The Bertz CT molecular complexity index is 397. The molecule has 1 aliphatic rings. The zero-order valence-electron chi connectivity index (χ0n) is 10.2. The van der Waals surface area contributed by atoms with Crippen molar-refractivity contribution in [2.45, 2.75) is 31.8 Å². The first-order chi connectivity index (χ1) is 8.06. The van der Waals surface area contributed by atoms with Crippen molar-refractivity contribution in [1.29, 1.82) is 0 Å². The van der Waals surface area contributed by atoms with Gasteiger partial charge in [0, 0.05) is 24.3 Å². The first kappa shape index (κ1) is 12.7. The van der Waals surface area contributed by atoms with E-state index in [1.165, 1.54) is 6.07 Å². The summed E-state index contributed by atoms with van der Waals surface area (Å²) in [6, 6.07) is 5.87. The van der Waals surface area contributed by atoms with Crippen LogP contribution in [0, 0.1) is 5.82 Å². The van der Waals surface area contributed by atoms with Gasteiger partial charge in [0.15, 0.2) is 0 Å². The number of hydrogen-bond donors (Lipinski definition) is 1. The van der Waals surface area contributed by atoms with E-state index in [1.807, 2.05) is 6.07 Å². The van der Waals surface area contributed by atoms with Crippen LogP contribution in [0.2, 0.25) is 5.02 Å². The van der Waals surface area contributed by atoms with E-state index < -0.39 is 0 Å². The first-order valence-electron chi connectivity index (χ1n) is 5.98. The van der Waals surface area contributed by atoms with Gasteiger partial charge in [-0.25, -0.2) is 4.39 Å². The molecule has 94 valence electrons. The van der Waals surface area contributed by atoms with Crippen molar-refractivity contribution in [3.8, 4) is 0 Å². The van der Waals surface area contributed by atoms with Crippen molar-refractivity contribution in [2.75, 3.05) is 18.9 Å². The fraction of sp³-hybridized carbons (Fsp3) is 0.538. The van der Waals surface area contributed by atoms with Gasteiger partial charge in [0.1, 0.15) is 5.82 Å². The van der Waals surface area contributed by atoms with Crippen LogP contribution < -0.4 is 5.32 Å². The molecule has 1 aliphatic heterocycles. The van der Waals surface area contributed by atoms with Crippen LogP contribution in [0.4, 0.5) is 10.1 Å². The van der Waals surface area contributed by atoms with E-state index in [0.717, 1.165) is 25.1 Å². The van der Waals surface area contributed by atoms with Crippen molar-refractivity contribution >= 4 is 17.3 Å². The molecule has 2 nitrogen and oxygen atoms in total. The Morgan fingerprint density at radius 2 is 2.24 bits per heavy atom. The van der Waals surface area contributed by atoms with Gasteiger partial charge in [0.05, 0.1) is 5.02 Å². The molecule has 2 atom stereocenters. The monoisotopic (exact) mass is 256 g/mol. The molecule has 0 spiro atoms. The number of benzene rings is 1. The van der Waals surface area contributed by atoms with E-state index in [9.17, 15) is 4.39 Å². The highest BCUT2D eigenvalue weighted by molar-refractivity contribution is 6.30. The highest BCUT2D eigenvalue weighted by Gasteiger charge is 2.22. The summed E-state index contributed by atoms with van der Waals surface area (Å²) in [6.07, 6.45) is 2.17. The van der Waals surface area contributed by atoms with E-state index in [1.54, 1.807) is 6.07 Å². The standard InChI is InChI=1S/C13H18ClFN2/c1-9-7-11(5-6-17(9)2)16-10-3-4-12(14)13(15)8-10/h3-4,8-9,11,16H,5-7H2,1-2H3. The maximum absolute atomic E-state index is 13.3. The Morgan fingerprint density at radius 3 is 2.88 bits per heavy atom. The molecule has 0 aromatic heterocycles. The van der Waals surface area contributed by atoms with E-state index in [2.05, 4.69) is 24.2 Å². The summed E-state index contributed by atoms with van der Waals surface area (Å²) in [7, 11) is 2.14. The normalized spacial score (nSPS) is 25.9. The molecule has 0 bridgehead atoms. The summed E-state index contributed by atoms with van der Waals surface area (Å²) in [5.74, 6) is -0.363. The van der Waals surface area contributed by atoms with Crippen LogP contribution in [0.25, 0.3) is 0 Å². The predicted molar refractivity (Wildman–Crippen MR) is 70.1 cm³/mol. The van der Waals surface area contributed by atoms with Crippen LogP contribution in [0.15, 0.2) is 18.2 Å². The number of likely N-dealkylation sites (tertiary alicyclic amines) is 1. The van der Waals surface area contributed by atoms with Gasteiger partial charge in [-0.15, -0.1) is 0 Å². The quantitative estimate of drug-likeness (QED) is 0.873. The van der Waals surface area contributed by atoms with E-state index in [-0.39, 0.29) is 10.8 Å². The van der Waals surface area contributed by atoms with Crippen molar-refractivity contribution in [2.24, 2.45) is 0 Å². The summed E-state index contributed by atoms with van der Waals surface area (Å²) >= 11 is 5.66. The van der Waals surface area contributed by atoms with Crippen LogP contribution in [-0.2, 0) is 0 Å². The number of nitrogens with one attached hydrogen (secondary N) is 1. The van der Waals surface area contributed by atoms with Crippen LogP contribution in [0.5, 0.6) is 0 Å². The van der Waals surface area contributed by atoms with Gasteiger partial charge in [-0.05, 0) is 45.0 Å². The number of halogens is 2. The van der Waals surface area contributed by atoms with Gasteiger partial charge in [0.25, 0.3) is 0 Å². The van der Waals surface area contributed by atoms with Crippen LogP contribution in [-0.4, -0.2) is 30.6 Å². The zero-order chi connectivity index (χ0) is 12.4. The molecule has 17 heavy (non-hydrogen) atoms. The summed E-state index contributed by atoms with van der Waals surface area (Å²) < 4.78 is 13.3. The Hall–Kier alpha value is -0.800. The number of hydrogen-bond acceptors (Lipinski definition) is 2. The van der Waals surface area contributed by atoms with Gasteiger partial charge >= 0.3 is 0 Å². The molecule has 2 unspecified atom stereocenters. The maximum atomic E-state index is 13.3. The van der Waals surface area contributed by atoms with Gasteiger partial charge < -0.3 is 10.2 Å². The molecule has 2 rings (SSSR count). The molecule has 1 aromatic carbocycles. The molecule has 0 amide bonds. The molecular weight excluding hydrogens is 239 g/mol. The molecule has 1 heterocycles. The molecule has 1 fully saturated rings. The molecule has 1 saturated heterocycles. The molecule has 4 heteroatoms. The smallest absolute Gasteiger partial charge is 0.143 e. The minimum absolute atomic E-state index is 0.173. The second-order valence-corrected chi connectivity index (χ2v) is 5.23. The molecule has 1 aromatic rings. The van der Waals surface area contributed by atoms with Gasteiger partial charge in [0.2, 0.25) is 0 Å². The third-order valence-corrected chi connectivity index (χ3v) is 3.81. The molecule has 0 saturated carbocycles. The summed E-state index contributed by atoms with van der Waals surface area (Å²) in [6.45, 7) is 3.30. The zero-order valence-corrected chi connectivity index (χ0v) is 11.0. The second-order valence-electron chi connectivity index (χ2n) is 4.82. The Morgan fingerprint density at radius 1 is 1.47 bits per heavy atom. The largest absolute Gasteiger partial charge is 0.382 e. The number of piperidine rings is 1. The van der Waals surface area contributed by atoms with Crippen molar-refractivity contribution in [3.05, 3.63) is 29.0 Å². The lowest BCUT2D eigenvalue weighted by Gasteiger charge is -2.35. The third-order valence-electron chi connectivity index (χ3n) is 3.50. The maximum Gasteiger partial charge on any atom is 0.143 e. The SMILES string of the molecule is CC1CC(Nc2ccc(Cl)c(F)c2)CCN1C. The number of rotatable bonds is 2. The van der Waals surface area contributed by atoms with Crippen LogP contribution in [0.3, 0.4) is 0 Å². The molecular formula is C13H18ClFN2.